The molecule has 0 radical (unpaired) electrons. The van der Waals surface area contributed by atoms with Crippen molar-refractivity contribution in [2.75, 3.05) is 22.7 Å². The molecule has 3 aromatic rings. The standard InChI is InChI=1S/C17H17N5S2/c1-11-4-5-13(16-15(11)12(8-18)9-19-16)21-24-14-10-20-17(23-14)22-6-2-3-7-22/h4-5,9-10,19,21H,2-3,6-7H2,1H3. The first-order chi connectivity index (χ1) is 11.8. The Morgan fingerprint density at radius 3 is 3.00 bits per heavy atom. The van der Waals surface area contributed by atoms with Crippen molar-refractivity contribution in [3.63, 3.8) is 0 Å². The Morgan fingerprint density at radius 2 is 2.21 bits per heavy atom. The number of benzene rings is 1. The molecule has 0 unspecified atom stereocenters. The Kier molecular flexibility index (Phi) is 4.08. The van der Waals surface area contributed by atoms with E-state index in [1.165, 1.54) is 12.8 Å². The van der Waals surface area contributed by atoms with Crippen LogP contribution in [-0.4, -0.2) is 23.1 Å². The molecule has 0 aliphatic carbocycles. The van der Waals surface area contributed by atoms with E-state index in [0.717, 1.165) is 44.6 Å². The molecule has 0 spiro atoms. The molecule has 24 heavy (non-hydrogen) atoms. The fourth-order valence-electron chi connectivity index (χ4n) is 3.05. The summed E-state index contributed by atoms with van der Waals surface area (Å²) in [7, 11) is 0. The van der Waals surface area contributed by atoms with Crippen molar-refractivity contribution in [3.8, 4) is 6.07 Å². The largest absolute Gasteiger partial charge is 0.358 e. The molecule has 5 nitrogen and oxygen atoms in total. The van der Waals surface area contributed by atoms with Crippen LogP contribution in [0.3, 0.4) is 0 Å². The maximum atomic E-state index is 9.25. The molecule has 0 amide bonds. The minimum Gasteiger partial charge on any atom is -0.358 e. The summed E-state index contributed by atoms with van der Waals surface area (Å²) in [4.78, 5) is 10.1. The van der Waals surface area contributed by atoms with Crippen LogP contribution in [0.1, 0.15) is 24.0 Å². The molecule has 4 rings (SSSR count). The van der Waals surface area contributed by atoms with Gasteiger partial charge in [-0.15, -0.1) is 0 Å². The summed E-state index contributed by atoms with van der Waals surface area (Å²) < 4.78 is 4.54. The van der Waals surface area contributed by atoms with Crippen molar-refractivity contribution >= 4 is 45.0 Å². The number of aromatic nitrogens is 2. The molecule has 7 heteroatoms. The first kappa shape index (κ1) is 15.4. The van der Waals surface area contributed by atoms with Crippen LogP contribution in [0.15, 0.2) is 28.7 Å². The maximum Gasteiger partial charge on any atom is 0.186 e. The van der Waals surface area contributed by atoms with E-state index in [-0.39, 0.29) is 0 Å². The van der Waals surface area contributed by atoms with Gasteiger partial charge in [0.25, 0.3) is 0 Å². The molecule has 0 saturated carbocycles. The average Bonchev–Trinajstić information content (AvgIpc) is 3.33. The van der Waals surface area contributed by atoms with Crippen LogP contribution in [-0.2, 0) is 0 Å². The van der Waals surface area contributed by atoms with Gasteiger partial charge in [-0.2, -0.15) is 5.26 Å². The molecule has 1 aliphatic heterocycles. The number of hydrogen-bond donors (Lipinski definition) is 2. The lowest BCUT2D eigenvalue weighted by Gasteiger charge is -2.12. The van der Waals surface area contributed by atoms with Crippen LogP contribution in [0, 0.1) is 18.3 Å². The Bertz CT molecular complexity index is 915. The number of thiazole rings is 1. The first-order valence-corrected chi connectivity index (χ1v) is 9.54. The van der Waals surface area contributed by atoms with E-state index < -0.39 is 0 Å². The van der Waals surface area contributed by atoms with Gasteiger partial charge in [-0.3, -0.25) is 0 Å². The van der Waals surface area contributed by atoms with Crippen molar-refractivity contribution in [3.05, 3.63) is 35.7 Å². The van der Waals surface area contributed by atoms with Gasteiger partial charge >= 0.3 is 0 Å². The predicted molar refractivity (Wildman–Crippen MR) is 101 cm³/mol. The molecule has 2 N–H and O–H groups in total. The molecule has 3 heterocycles. The summed E-state index contributed by atoms with van der Waals surface area (Å²) in [6, 6.07) is 6.34. The lowest BCUT2D eigenvalue weighted by Crippen LogP contribution is -2.16. The third-order valence-corrected chi connectivity index (χ3v) is 6.26. The van der Waals surface area contributed by atoms with Gasteiger partial charge in [0.1, 0.15) is 10.3 Å². The number of aryl methyl sites for hydroxylation is 1. The van der Waals surface area contributed by atoms with Gasteiger partial charge < -0.3 is 14.6 Å². The van der Waals surface area contributed by atoms with E-state index in [0.29, 0.717) is 5.56 Å². The van der Waals surface area contributed by atoms with Gasteiger partial charge in [0.05, 0.1) is 23.0 Å². The van der Waals surface area contributed by atoms with Crippen LogP contribution in [0.5, 0.6) is 0 Å². The molecule has 1 aliphatic rings. The van der Waals surface area contributed by atoms with Crippen molar-refractivity contribution in [1.29, 1.82) is 5.26 Å². The molecular formula is C17H17N5S2. The van der Waals surface area contributed by atoms with Crippen molar-refractivity contribution < 1.29 is 0 Å². The van der Waals surface area contributed by atoms with Crippen molar-refractivity contribution in [2.45, 2.75) is 24.0 Å². The third-order valence-electron chi connectivity index (χ3n) is 4.27. The second-order valence-corrected chi connectivity index (χ2v) is 7.97. The van der Waals surface area contributed by atoms with Gasteiger partial charge in [0.2, 0.25) is 0 Å². The fourth-order valence-corrected chi connectivity index (χ4v) is 4.76. The number of fused-ring (bicyclic) bond motifs is 1. The lowest BCUT2D eigenvalue weighted by atomic mass is 10.1. The summed E-state index contributed by atoms with van der Waals surface area (Å²) >= 11 is 3.29. The Balaban J connectivity index is 1.54. The zero-order valence-corrected chi connectivity index (χ0v) is 14.9. The Morgan fingerprint density at radius 1 is 1.38 bits per heavy atom. The van der Waals surface area contributed by atoms with Gasteiger partial charge in [-0.25, -0.2) is 4.98 Å². The van der Waals surface area contributed by atoms with E-state index in [1.54, 1.807) is 29.5 Å². The fraction of sp³-hybridized carbons (Fsp3) is 0.294. The minimum absolute atomic E-state index is 0.685. The van der Waals surface area contributed by atoms with E-state index in [1.807, 2.05) is 25.3 Å². The molecule has 1 fully saturated rings. The SMILES string of the molecule is Cc1ccc(NSc2cnc(N3CCCC3)s2)c2[nH]cc(C#N)c12. The van der Waals surface area contributed by atoms with Gasteiger partial charge in [-0.05, 0) is 43.3 Å². The number of aromatic amines is 1. The topological polar surface area (TPSA) is 67.7 Å². The van der Waals surface area contributed by atoms with Gasteiger partial charge in [0.15, 0.2) is 5.13 Å². The Labute approximate surface area is 148 Å². The second kappa shape index (κ2) is 6.38. The van der Waals surface area contributed by atoms with Crippen LogP contribution >= 0.6 is 23.3 Å². The summed E-state index contributed by atoms with van der Waals surface area (Å²) in [5.41, 5.74) is 3.75. The van der Waals surface area contributed by atoms with Gasteiger partial charge in [0, 0.05) is 24.7 Å². The normalized spacial score (nSPS) is 14.2. The second-order valence-electron chi connectivity index (χ2n) is 5.85. The maximum absolute atomic E-state index is 9.25. The van der Waals surface area contributed by atoms with E-state index in [2.05, 4.69) is 25.7 Å². The lowest BCUT2D eigenvalue weighted by molar-refractivity contribution is 0.949. The van der Waals surface area contributed by atoms with Crippen LogP contribution in [0.2, 0.25) is 0 Å². The van der Waals surface area contributed by atoms with Crippen LogP contribution < -0.4 is 9.62 Å². The molecule has 2 aromatic heterocycles. The summed E-state index contributed by atoms with van der Waals surface area (Å²) in [6.45, 7) is 4.26. The van der Waals surface area contributed by atoms with Gasteiger partial charge in [-0.1, -0.05) is 17.4 Å². The zero-order chi connectivity index (χ0) is 16.5. The van der Waals surface area contributed by atoms with Crippen LogP contribution in [0.25, 0.3) is 10.9 Å². The number of rotatable bonds is 4. The summed E-state index contributed by atoms with van der Waals surface area (Å²) in [6.07, 6.45) is 6.22. The number of nitriles is 1. The smallest absolute Gasteiger partial charge is 0.186 e. The summed E-state index contributed by atoms with van der Waals surface area (Å²) in [5, 5.41) is 11.3. The number of nitrogens with zero attached hydrogens (tertiary/aromatic N) is 3. The highest BCUT2D eigenvalue weighted by atomic mass is 32.2. The monoisotopic (exact) mass is 355 g/mol. The zero-order valence-electron chi connectivity index (χ0n) is 13.3. The quantitative estimate of drug-likeness (QED) is 0.673. The minimum atomic E-state index is 0.685. The Hall–Kier alpha value is -2.17. The first-order valence-electron chi connectivity index (χ1n) is 7.90. The predicted octanol–water partition coefficient (Wildman–Crippen LogP) is 4.52. The highest BCUT2D eigenvalue weighted by Gasteiger charge is 2.16. The van der Waals surface area contributed by atoms with E-state index in [4.69, 9.17) is 0 Å². The molecule has 122 valence electrons. The molecule has 0 bridgehead atoms. The number of hydrogen-bond acceptors (Lipinski definition) is 6. The van der Waals surface area contributed by atoms with Crippen molar-refractivity contribution in [1.82, 2.24) is 9.97 Å². The van der Waals surface area contributed by atoms with Crippen molar-refractivity contribution in [2.24, 2.45) is 0 Å². The molecule has 1 aromatic carbocycles. The number of nitrogens with one attached hydrogen (secondary N) is 2. The summed E-state index contributed by atoms with van der Waals surface area (Å²) in [5.74, 6) is 0. The van der Waals surface area contributed by atoms with E-state index in [9.17, 15) is 5.26 Å². The average molecular weight is 355 g/mol. The number of H-pyrrole nitrogens is 1. The van der Waals surface area contributed by atoms with E-state index >= 15 is 0 Å². The molecule has 1 saturated heterocycles. The highest BCUT2D eigenvalue weighted by molar-refractivity contribution is 8.02. The highest BCUT2D eigenvalue weighted by Crippen LogP contribution is 2.35. The molecule has 0 atom stereocenters. The number of anilines is 2. The third kappa shape index (κ3) is 2.72. The molecular weight excluding hydrogens is 338 g/mol. The van der Waals surface area contributed by atoms with Crippen LogP contribution in [0.4, 0.5) is 10.8 Å².